The van der Waals surface area contributed by atoms with Gasteiger partial charge in [-0.25, -0.2) is 0 Å². The quantitative estimate of drug-likeness (QED) is 0.644. The van der Waals surface area contributed by atoms with Gasteiger partial charge >= 0.3 is 5.97 Å². The monoisotopic (exact) mass is 240 g/mol. The Kier molecular flexibility index (Phi) is 3.79. The molecule has 1 rings (SSSR count). The topological polar surface area (TPSA) is 71.4 Å². The number of hydrogen-bond donors (Lipinski definition) is 1. The van der Waals surface area contributed by atoms with Crippen LogP contribution in [0.15, 0.2) is 24.3 Å². The first-order valence-corrected chi connectivity index (χ1v) is 4.84. The molecular weight excluding hydrogens is 232 g/mol. The number of Topliss-reactive ketones (excluding diaryl/α,β-unsaturated/α-hetero) is 2. The molecule has 0 radical (unpaired) electrons. The Balaban J connectivity index is 3.09. The minimum Gasteiger partial charge on any atom is -0.480 e. The third-order valence-electron chi connectivity index (χ3n) is 2.02. The van der Waals surface area contributed by atoms with Crippen LogP contribution in [0, 0.1) is 5.92 Å². The third kappa shape index (κ3) is 2.67. The van der Waals surface area contributed by atoms with Gasteiger partial charge in [0.1, 0.15) is 0 Å². The summed E-state index contributed by atoms with van der Waals surface area (Å²) in [6.45, 7) is 1.07. The fraction of sp³-hybridized carbons (Fsp3) is 0.182. The van der Waals surface area contributed by atoms with E-state index in [1.165, 1.54) is 18.2 Å². The molecule has 0 saturated carbocycles. The number of carboxylic acids is 1. The van der Waals surface area contributed by atoms with E-state index in [0.29, 0.717) is 5.02 Å². The lowest BCUT2D eigenvalue weighted by Gasteiger charge is -2.07. The molecule has 1 N–H and O–H groups in total. The summed E-state index contributed by atoms with van der Waals surface area (Å²) in [7, 11) is 0. The van der Waals surface area contributed by atoms with Crippen molar-refractivity contribution < 1.29 is 19.5 Å². The molecule has 1 aromatic rings. The normalized spacial score (nSPS) is 11.9. The van der Waals surface area contributed by atoms with Gasteiger partial charge in [-0.3, -0.25) is 14.4 Å². The zero-order chi connectivity index (χ0) is 12.3. The van der Waals surface area contributed by atoms with Crippen molar-refractivity contribution in [2.45, 2.75) is 6.92 Å². The lowest BCUT2D eigenvalue weighted by atomic mass is 9.94. The van der Waals surface area contributed by atoms with Gasteiger partial charge in [0.2, 0.25) is 0 Å². The molecule has 0 bridgehead atoms. The van der Waals surface area contributed by atoms with Crippen molar-refractivity contribution in [1.82, 2.24) is 0 Å². The van der Waals surface area contributed by atoms with Crippen LogP contribution in [0.1, 0.15) is 17.3 Å². The van der Waals surface area contributed by atoms with Gasteiger partial charge in [0, 0.05) is 10.6 Å². The molecule has 0 heterocycles. The molecule has 0 aromatic heterocycles. The van der Waals surface area contributed by atoms with Gasteiger partial charge in [-0.05, 0) is 19.1 Å². The van der Waals surface area contributed by atoms with E-state index in [2.05, 4.69) is 0 Å². The Morgan fingerprint density at radius 2 is 1.94 bits per heavy atom. The standard InChI is InChI=1S/C11H9ClO4/c1-6(13)9(11(15)16)10(14)7-3-2-4-8(12)5-7/h2-5,9H,1H3,(H,15,16). The average molecular weight is 241 g/mol. The van der Waals surface area contributed by atoms with Crippen molar-refractivity contribution in [2.24, 2.45) is 5.92 Å². The fourth-order valence-corrected chi connectivity index (χ4v) is 1.47. The zero-order valence-corrected chi connectivity index (χ0v) is 9.19. The first-order chi connectivity index (χ1) is 7.43. The number of aliphatic carboxylic acids is 1. The summed E-state index contributed by atoms with van der Waals surface area (Å²) in [6, 6.07) is 5.84. The molecule has 0 aliphatic carbocycles. The highest BCUT2D eigenvalue weighted by atomic mass is 35.5. The van der Waals surface area contributed by atoms with Crippen molar-refractivity contribution in [3.8, 4) is 0 Å². The molecule has 1 unspecified atom stereocenters. The number of rotatable bonds is 4. The Labute approximate surface area is 96.8 Å². The van der Waals surface area contributed by atoms with Crippen LogP contribution in [0.5, 0.6) is 0 Å². The van der Waals surface area contributed by atoms with Crippen LogP contribution in [0.25, 0.3) is 0 Å². The molecule has 0 fully saturated rings. The molecular formula is C11H9ClO4. The number of ketones is 2. The largest absolute Gasteiger partial charge is 0.480 e. The van der Waals surface area contributed by atoms with Crippen molar-refractivity contribution in [3.63, 3.8) is 0 Å². The van der Waals surface area contributed by atoms with E-state index < -0.39 is 23.5 Å². The molecule has 5 heteroatoms. The molecule has 0 aliphatic rings. The average Bonchev–Trinajstić information content (AvgIpc) is 2.16. The molecule has 1 aromatic carbocycles. The van der Waals surface area contributed by atoms with Gasteiger partial charge in [0.15, 0.2) is 17.5 Å². The summed E-state index contributed by atoms with van der Waals surface area (Å²) in [5.41, 5.74) is 0.120. The number of hydrogen-bond acceptors (Lipinski definition) is 3. The number of carboxylic acid groups (broad SMARTS) is 1. The highest BCUT2D eigenvalue weighted by Gasteiger charge is 2.31. The Morgan fingerprint density at radius 3 is 2.38 bits per heavy atom. The summed E-state index contributed by atoms with van der Waals surface area (Å²) in [5, 5.41) is 9.09. The molecule has 84 valence electrons. The maximum atomic E-state index is 11.7. The smallest absolute Gasteiger partial charge is 0.322 e. The lowest BCUT2D eigenvalue weighted by molar-refractivity contribution is -0.143. The van der Waals surface area contributed by atoms with E-state index in [1.54, 1.807) is 6.07 Å². The van der Waals surface area contributed by atoms with Gasteiger partial charge in [-0.1, -0.05) is 23.7 Å². The zero-order valence-electron chi connectivity index (χ0n) is 8.44. The molecule has 1 atom stereocenters. The maximum Gasteiger partial charge on any atom is 0.322 e. The minimum atomic E-state index is -1.65. The highest BCUT2D eigenvalue weighted by Crippen LogP contribution is 2.15. The van der Waals surface area contributed by atoms with Gasteiger partial charge < -0.3 is 5.11 Å². The minimum absolute atomic E-state index is 0.120. The van der Waals surface area contributed by atoms with Crippen LogP contribution < -0.4 is 0 Å². The van der Waals surface area contributed by atoms with E-state index in [4.69, 9.17) is 16.7 Å². The van der Waals surface area contributed by atoms with E-state index in [-0.39, 0.29) is 5.56 Å². The number of halogens is 1. The van der Waals surface area contributed by atoms with Gasteiger partial charge in [-0.2, -0.15) is 0 Å². The molecule has 0 spiro atoms. The second kappa shape index (κ2) is 4.90. The first kappa shape index (κ1) is 12.4. The summed E-state index contributed by atoms with van der Waals surface area (Å²) in [4.78, 5) is 33.5. The van der Waals surface area contributed by atoms with Gasteiger partial charge in [0.05, 0.1) is 0 Å². The molecule has 4 nitrogen and oxygen atoms in total. The number of benzene rings is 1. The van der Waals surface area contributed by atoms with Crippen LogP contribution in [0.4, 0.5) is 0 Å². The van der Waals surface area contributed by atoms with E-state index in [1.807, 2.05) is 0 Å². The van der Waals surface area contributed by atoms with Gasteiger partial charge in [-0.15, -0.1) is 0 Å². The Hall–Kier alpha value is -1.68. The number of carbonyl (C=O) groups excluding carboxylic acids is 2. The van der Waals surface area contributed by atoms with Crippen LogP contribution in [-0.2, 0) is 9.59 Å². The van der Waals surface area contributed by atoms with E-state index in [0.717, 1.165) is 6.92 Å². The number of carbonyl (C=O) groups is 3. The SMILES string of the molecule is CC(=O)C(C(=O)O)C(=O)c1cccc(Cl)c1. The van der Waals surface area contributed by atoms with E-state index >= 15 is 0 Å². The van der Waals surface area contributed by atoms with Crippen molar-refractivity contribution in [2.75, 3.05) is 0 Å². The van der Waals surface area contributed by atoms with Crippen LogP contribution in [0.2, 0.25) is 5.02 Å². The fourth-order valence-electron chi connectivity index (χ4n) is 1.28. The van der Waals surface area contributed by atoms with Crippen molar-refractivity contribution in [1.29, 1.82) is 0 Å². The van der Waals surface area contributed by atoms with E-state index in [9.17, 15) is 14.4 Å². The second-order valence-electron chi connectivity index (χ2n) is 3.26. The summed E-state index contributed by atoms with van der Waals surface area (Å²) < 4.78 is 0. The van der Waals surface area contributed by atoms with Crippen LogP contribution >= 0.6 is 11.6 Å². The highest BCUT2D eigenvalue weighted by molar-refractivity contribution is 6.31. The third-order valence-corrected chi connectivity index (χ3v) is 2.26. The first-order valence-electron chi connectivity index (χ1n) is 4.46. The molecule has 0 aliphatic heterocycles. The summed E-state index contributed by atoms with van der Waals surface area (Å²) >= 11 is 5.67. The van der Waals surface area contributed by atoms with Crippen LogP contribution in [-0.4, -0.2) is 22.6 Å². The Morgan fingerprint density at radius 1 is 1.31 bits per heavy atom. The summed E-state index contributed by atoms with van der Waals surface area (Å²) in [6.07, 6.45) is 0. The predicted octanol–water partition coefficient (Wildman–Crippen LogP) is 1.81. The maximum absolute atomic E-state index is 11.7. The van der Waals surface area contributed by atoms with Crippen LogP contribution in [0.3, 0.4) is 0 Å². The molecule has 16 heavy (non-hydrogen) atoms. The lowest BCUT2D eigenvalue weighted by Crippen LogP contribution is -2.30. The summed E-state index contributed by atoms with van der Waals surface area (Å²) in [5.74, 6) is -4.55. The Bertz CT molecular complexity index is 439. The van der Waals surface area contributed by atoms with Crippen molar-refractivity contribution >= 4 is 29.1 Å². The molecule has 0 saturated heterocycles. The molecule has 0 amide bonds. The van der Waals surface area contributed by atoms with Crippen molar-refractivity contribution in [3.05, 3.63) is 34.9 Å². The predicted molar refractivity (Wildman–Crippen MR) is 57.6 cm³/mol. The van der Waals surface area contributed by atoms with Gasteiger partial charge in [0.25, 0.3) is 0 Å². The second-order valence-corrected chi connectivity index (χ2v) is 3.69.